The summed E-state index contributed by atoms with van der Waals surface area (Å²) in [6.07, 6.45) is 13.2. The van der Waals surface area contributed by atoms with Gasteiger partial charge < -0.3 is 0 Å². The molecule has 0 aliphatic carbocycles. The highest BCUT2D eigenvalue weighted by Gasteiger charge is 2.28. The van der Waals surface area contributed by atoms with Gasteiger partial charge in [-0.15, -0.1) is 8.58 Å². The van der Waals surface area contributed by atoms with Gasteiger partial charge in [-0.05, 0) is 61.7 Å². The average molecular weight is 306 g/mol. The Labute approximate surface area is 127 Å². The van der Waals surface area contributed by atoms with E-state index in [0.717, 1.165) is 11.3 Å². The van der Waals surface area contributed by atoms with Gasteiger partial charge in [-0.25, -0.2) is 0 Å². The number of hydrogen-bond donors (Lipinski definition) is 0. The summed E-state index contributed by atoms with van der Waals surface area (Å²) in [5.41, 5.74) is 5.19. The summed E-state index contributed by atoms with van der Waals surface area (Å²) in [4.78, 5) is 0. The first-order valence-corrected chi connectivity index (χ1v) is 11.5. The van der Waals surface area contributed by atoms with Crippen LogP contribution in [0, 0.1) is 0 Å². The molecule has 0 nitrogen and oxygen atoms in total. The summed E-state index contributed by atoms with van der Waals surface area (Å²) >= 11 is 0. The minimum atomic E-state index is 0.287. The Kier molecular flexibility index (Phi) is 5.53. The molecular formula is C18H28P2. The lowest BCUT2D eigenvalue weighted by Crippen LogP contribution is -1.97. The second-order valence-corrected chi connectivity index (χ2v) is 10.7. The number of unbranched alkanes of at least 4 members (excludes halogenated alkanes) is 1. The first kappa shape index (κ1) is 15.0. The Morgan fingerprint density at radius 2 is 2.10 bits per heavy atom. The molecule has 1 aromatic carbocycles. The first-order chi connectivity index (χ1) is 9.88. The second kappa shape index (κ2) is 7.38. The summed E-state index contributed by atoms with van der Waals surface area (Å²) in [5.74, 6) is 0. The molecule has 0 amide bonds. The number of hydrogen-bond acceptors (Lipinski definition) is 0. The molecule has 0 N–H and O–H groups in total. The quantitative estimate of drug-likeness (QED) is 0.559. The zero-order valence-corrected chi connectivity index (χ0v) is 14.7. The van der Waals surface area contributed by atoms with Crippen LogP contribution in [0.4, 0.5) is 0 Å². The van der Waals surface area contributed by atoms with Gasteiger partial charge in [-0.2, -0.15) is 0 Å². The second-order valence-electron chi connectivity index (χ2n) is 6.37. The molecule has 2 aliphatic rings. The summed E-state index contributed by atoms with van der Waals surface area (Å²) < 4.78 is 0. The molecule has 2 heteroatoms. The molecule has 20 heavy (non-hydrogen) atoms. The van der Waals surface area contributed by atoms with Crippen molar-refractivity contribution in [3.8, 4) is 0 Å². The van der Waals surface area contributed by atoms with Crippen LogP contribution < -0.4 is 0 Å². The van der Waals surface area contributed by atoms with Gasteiger partial charge in [0, 0.05) is 11.3 Å². The van der Waals surface area contributed by atoms with Crippen molar-refractivity contribution in [3.63, 3.8) is 0 Å². The average Bonchev–Trinajstić information content (AvgIpc) is 3.16. The smallest absolute Gasteiger partial charge is 0.00420 e. The van der Waals surface area contributed by atoms with Crippen molar-refractivity contribution in [2.24, 2.45) is 0 Å². The monoisotopic (exact) mass is 306 g/mol. The molecule has 2 heterocycles. The van der Waals surface area contributed by atoms with Gasteiger partial charge in [0.1, 0.15) is 0 Å². The summed E-state index contributed by atoms with van der Waals surface area (Å²) in [7, 11) is 1.47. The van der Waals surface area contributed by atoms with Crippen LogP contribution in [0.3, 0.4) is 0 Å². The van der Waals surface area contributed by atoms with E-state index in [1.807, 2.05) is 0 Å². The van der Waals surface area contributed by atoms with Crippen molar-refractivity contribution in [2.45, 2.75) is 56.8 Å². The minimum Gasteiger partial charge on any atom is -0.114 e. The Morgan fingerprint density at radius 3 is 2.90 bits per heavy atom. The SMILES string of the molecule is CCCCP1CCCC1c1cccc(C2CCCP2)c1. The molecule has 0 bridgehead atoms. The van der Waals surface area contributed by atoms with Gasteiger partial charge in [0.15, 0.2) is 0 Å². The standard InChI is InChI=1S/C18H28P2/c1-2-3-12-20-13-6-10-18(20)16-8-4-7-15(14-16)17-9-5-11-19-17/h4,7-8,14,17-19H,2-3,5-6,9-13H2,1H3. The maximum absolute atomic E-state index is 2.60. The van der Waals surface area contributed by atoms with Crippen molar-refractivity contribution in [1.82, 2.24) is 0 Å². The Bertz CT molecular complexity index is 423. The van der Waals surface area contributed by atoms with Crippen LogP contribution in [0.2, 0.25) is 0 Å². The molecule has 0 saturated carbocycles. The van der Waals surface area contributed by atoms with E-state index in [-0.39, 0.29) is 7.92 Å². The fourth-order valence-electron chi connectivity index (χ4n) is 3.78. The van der Waals surface area contributed by atoms with Gasteiger partial charge in [0.2, 0.25) is 0 Å². The van der Waals surface area contributed by atoms with Crippen LogP contribution in [-0.2, 0) is 0 Å². The Morgan fingerprint density at radius 1 is 1.20 bits per heavy atom. The lowest BCUT2D eigenvalue weighted by Gasteiger charge is -2.22. The molecule has 4 atom stereocenters. The van der Waals surface area contributed by atoms with Crippen molar-refractivity contribution in [3.05, 3.63) is 35.4 Å². The van der Waals surface area contributed by atoms with E-state index in [2.05, 4.69) is 31.2 Å². The van der Waals surface area contributed by atoms with E-state index in [9.17, 15) is 0 Å². The fourth-order valence-corrected chi connectivity index (χ4v) is 8.65. The van der Waals surface area contributed by atoms with Gasteiger partial charge >= 0.3 is 0 Å². The minimum absolute atomic E-state index is 0.287. The zero-order chi connectivity index (χ0) is 13.8. The highest BCUT2D eigenvalue weighted by Crippen LogP contribution is 2.60. The van der Waals surface area contributed by atoms with Crippen molar-refractivity contribution in [1.29, 1.82) is 0 Å². The Balaban J connectivity index is 1.73. The molecule has 3 rings (SSSR count). The van der Waals surface area contributed by atoms with Crippen molar-refractivity contribution < 1.29 is 0 Å². The maximum Gasteiger partial charge on any atom is 0.00420 e. The molecule has 4 unspecified atom stereocenters. The summed E-state index contributed by atoms with van der Waals surface area (Å²) in [6, 6.07) is 9.77. The fraction of sp³-hybridized carbons (Fsp3) is 0.667. The van der Waals surface area contributed by atoms with Crippen LogP contribution in [0.15, 0.2) is 24.3 Å². The van der Waals surface area contributed by atoms with E-state index < -0.39 is 0 Å². The molecule has 1 aromatic rings. The number of rotatable bonds is 5. The van der Waals surface area contributed by atoms with Crippen LogP contribution in [0.25, 0.3) is 0 Å². The van der Waals surface area contributed by atoms with Crippen molar-refractivity contribution >= 4 is 16.5 Å². The third-order valence-electron chi connectivity index (χ3n) is 4.92. The van der Waals surface area contributed by atoms with E-state index in [0.29, 0.717) is 0 Å². The van der Waals surface area contributed by atoms with Crippen LogP contribution >= 0.6 is 16.5 Å². The van der Waals surface area contributed by atoms with Crippen LogP contribution in [0.1, 0.15) is 67.9 Å². The van der Waals surface area contributed by atoms with E-state index in [1.165, 1.54) is 65.6 Å². The highest BCUT2D eigenvalue weighted by molar-refractivity contribution is 7.58. The van der Waals surface area contributed by atoms with Gasteiger partial charge in [0.05, 0.1) is 0 Å². The molecule has 0 radical (unpaired) electrons. The predicted octanol–water partition coefficient (Wildman–Crippen LogP) is 6.32. The third-order valence-corrected chi connectivity index (χ3v) is 9.90. The first-order valence-electron chi connectivity index (χ1n) is 8.46. The van der Waals surface area contributed by atoms with Gasteiger partial charge in [-0.3, -0.25) is 0 Å². The highest BCUT2D eigenvalue weighted by atomic mass is 31.1. The van der Waals surface area contributed by atoms with Crippen LogP contribution in [-0.4, -0.2) is 18.5 Å². The number of benzene rings is 1. The molecule has 110 valence electrons. The largest absolute Gasteiger partial charge is 0.114 e. The predicted molar refractivity (Wildman–Crippen MR) is 95.1 cm³/mol. The lowest BCUT2D eigenvalue weighted by molar-refractivity contribution is 0.808. The topological polar surface area (TPSA) is 0 Å². The van der Waals surface area contributed by atoms with Gasteiger partial charge in [-0.1, -0.05) is 45.5 Å². The lowest BCUT2D eigenvalue weighted by atomic mass is 10.0. The molecule has 0 spiro atoms. The molecular weight excluding hydrogens is 278 g/mol. The van der Waals surface area contributed by atoms with Gasteiger partial charge in [0.25, 0.3) is 0 Å². The molecule has 2 saturated heterocycles. The molecule has 2 aliphatic heterocycles. The zero-order valence-electron chi connectivity index (χ0n) is 12.8. The van der Waals surface area contributed by atoms with E-state index in [1.54, 1.807) is 11.1 Å². The third kappa shape index (κ3) is 3.45. The molecule has 2 fully saturated rings. The maximum atomic E-state index is 2.60. The Hall–Kier alpha value is 0.0800. The normalized spacial score (nSPS) is 31.1. The molecule has 0 aromatic heterocycles. The van der Waals surface area contributed by atoms with Crippen molar-refractivity contribution in [2.75, 3.05) is 18.5 Å². The summed E-state index contributed by atoms with van der Waals surface area (Å²) in [5, 5.41) is 0. The summed E-state index contributed by atoms with van der Waals surface area (Å²) in [6.45, 7) is 2.34. The van der Waals surface area contributed by atoms with E-state index in [4.69, 9.17) is 0 Å². The van der Waals surface area contributed by atoms with E-state index >= 15 is 0 Å². The van der Waals surface area contributed by atoms with Crippen LogP contribution in [0.5, 0.6) is 0 Å².